The highest BCUT2D eigenvalue weighted by Crippen LogP contribution is 2.27. The second-order valence-electron chi connectivity index (χ2n) is 4.84. The summed E-state index contributed by atoms with van der Waals surface area (Å²) in [4.78, 5) is 20.8. The van der Waals surface area contributed by atoms with Crippen LogP contribution >= 0.6 is 0 Å². The maximum absolute atomic E-state index is 14.0. The van der Waals surface area contributed by atoms with Crippen molar-refractivity contribution in [1.29, 1.82) is 0 Å². The summed E-state index contributed by atoms with van der Waals surface area (Å²) in [5, 5.41) is 2.71. The number of aromatic nitrogens is 4. The minimum atomic E-state index is -0.402. The average Bonchev–Trinajstić information content (AvgIpc) is 2.87. The molecule has 1 N–H and O–H groups in total. The molecule has 3 rings (SSSR count). The van der Waals surface area contributed by atoms with Crippen molar-refractivity contribution < 1.29 is 4.39 Å². The van der Waals surface area contributed by atoms with Crippen molar-refractivity contribution in [2.45, 2.75) is 19.8 Å². The monoisotopic (exact) mass is 272 g/mol. The second kappa shape index (κ2) is 4.56. The van der Waals surface area contributed by atoms with Gasteiger partial charge in [-0.1, -0.05) is 26.0 Å². The van der Waals surface area contributed by atoms with Crippen LogP contribution < -0.4 is 5.56 Å². The van der Waals surface area contributed by atoms with E-state index in [0.29, 0.717) is 16.8 Å². The number of rotatable bonds is 2. The molecule has 0 amide bonds. The van der Waals surface area contributed by atoms with Gasteiger partial charge in [-0.25, -0.2) is 14.4 Å². The fourth-order valence-electron chi connectivity index (χ4n) is 2.25. The Morgan fingerprint density at radius 3 is 2.75 bits per heavy atom. The number of nitrogens with zero attached hydrogens (tertiary/aromatic N) is 3. The molecule has 0 saturated heterocycles. The fourth-order valence-corrected chi connectivity index (χ4v) is 2.25. The Balaban J connectivity index is 2.43. The van der Waals surface area contributed by atoms with Gasteiger partial charge in [0.2, 0.25) is 0 Å². The highest BCUT2D eigenvalue weighted by Gasteiger charge is 2.20. The highest BCUT2D eigenvalue weighted by atomic mass is 19.1. The molecular formula is C14H13FN4O. The first-order valence-corrected chi connectivity index (χ1v) is 6.30. The summed E-state index contributed by atoms with van der Waals surface area (Å²) >= 11 is 0. The number of H-pyrrole nitrogens is 1. The fraction of sp³-hybridized carbons (Fsp3) is 0.214. The van der Waals surface area contributed by atoms with E-state index in [1.165, 1.54) is 16.9 Å². The standard InChI is InChI=1S/C14H13FN4O/c1-8(2)11-12(9-5-3-4-6-10(9)15)18-14-16-7-17-19(14)13(11)20/h3-8H,1-2H3,(H,16,17,18). The molecule has 3 aromatic rings. The van der Waals surface area contributed by atoms with E-state index >= 15 is 0 Å². The van der Waals surface area contributed by atoms with E-state index < -0.39 is 5.82 Å². The quantitative estimate of drug-likeness (QED) is 0.778. The van der Waals surface area contributed by atoms with Gasteiger partial charge < -0.3 is 0 Å². The summed E-state index contributed by atoms with van der Waals surface area (Å²) < 4.78 is 15.3. The Morgan fingerprint density at radius 2 is 2.05 bits per heavy atom. The van der Waals surface area contributed by atoms with Crippen molar-refractivity contribution in [3.63, 3.8) is 0 Å². The maximum atomic E-state index is 14.0. The molecule has 0 saturated carbocycles. The number of hydrogen-bond acceptors (Lipinski definition) is 3. The summed E-state index contributed by atoms with van der Waals surface area (Å²) in [6, 6.07) is 6.30. The third kappa shape index (κ3) is 1.80. The van der Waals surface area contributed by atoms with Crippen molar-refractivity contribution >= 4 is 5.78 Å². The Bertz CT molecular complexity index is 835. The molecule has 2 heterocycles. The maximum Gasteiger partial charge on any atom is 0.278 e. The van der Waals surface area contributed by atoms with Gasteiger partial charge in [-0.2, -0.15) is 4.52 Å². The van der Waals surface area contributed by atoms with Gasteiger partial charge in [0.15, 0.2) is 0 Å². The molecule has 0 aliphatic heterocycles. The lowest BCUT2D eigenvalue weighted by Gasteiger charge is -2.11. The molecule has 0 spiro atoms. The molecule has 0 atom stereocenters. The molecule has 102 valence electrons. The number of halogens is 1. The van der Waals surface area contributed by atoms with E-state index in [1.54, 1.807) is 18.2 Å². The van der Waals surface area contributed by atoms with Crippen LogP contribution in [0.2, 0.25) is 0 Å². The van der Waals surface area contributed by atoms with E-state index in [0.717, 1.165) is 0 Å². The first-order valence-electron chi connectivity index (χ1n) is 6.30. The number of benzene rings is 1. The van der Waals surface area contributed by atoms with Gasteiger partial charge >= 0.3 is 0 Å². The predicted octanol–water partition coefficient (Wildman–Crippen LogP) is 2.35. The number of hydrogen-bond donors (Lipinski definition) is 1. The molecule has 1 aromatic carbocycles. The van der Waals surface area contributed by atoms with E-state index in [2.05, 4.69) is 15.1 Å². The summed E-state index contributed by atoms with van der Waals surface area (Å²) in [6.45, 7) is 3.76. The third-order valence-electron chi connectivity index (χ3n) is 3.17. The molecule has 20 heavy (non-hydrogen) atoms. The van der Waals surface area contributed by atoms with Crippen molar-refractivity contribution in [1.82, 2.24) is 19.6 Å². The smallest absolute Gasteiger partial charge is 0.278 e. The Kier molecular flexibility index (Phi) is 2.85. The van der Waals surface area contributed by atoms with Gasteiger partial charge in [-0.3, -0.25) is 9.89 Å². The summed E-state index contributed by atoms with van der Waals surface area (Å²) in [5.41, 5.74) is 0.895. The first-order chi connectivity index (χ1) is 9.59. The molecule has 0 aliphatic rings. The zero-order valence-corrected chi connectivity index (χ0v) is 11.1. The highest BCUT2D eigenvalue weighted by molar-refractivity contribution is 5.65. The molecule has 0 radical (unpaired) electrons. The molecule has 0 bridgehead atoms. The molecule has 2 aromatic heterocycles. The Morgan fingerprint density at radius 1 is 1.30 bits per heavy atom. The van der Waals surface area contributed by atoms with Gasteiger partial charge in [-0.05, 0) is 18.1 Å². The SMILES string of the molecule is CC(C)c1c(-c2ccccc2F)nc2nc[nH]n2c1=O. The van der Waals surface area contributed by atoms with E-state index in [-0.39, 0.29) is 17.3 Å². The van der Waals surface area contributed by atoms with Gasteiger partial charge in [0.25, 0.3) is 11.3 Å². The predicted molar refractivity (Wildman–Crippen MR) is 73.1 cm³/mol. The molecular weight excluding hydrogens is 259 g/mol. The molecule has 0 unspecified atom stereocenters. The number of aromatic amines is 1. The lowest BCUT2D eigenvalue weighted by molar-refractivity contribution is 0.630. The topological polar surface area (TPSA) is 63.1 Å². The van der Waals surface area contributed by atoms with E-state index in [4.69, 9.17) is 0 Å². The zero-order chi connectivity index (χ0) is 14.3. The lowest BCUT2D eigenvalue weighted by atomic mass is 9.98. The first kappa shape index (κ1) is 12.5. The van der Waals surface area contributed by atoms with Crippen LogP contribution in [0.4, 0.5) is 4.39 Å². The van der Waals surface area contributed by atoms with Crippen LogP contribution in [0.15, 0.2) is 35.4 Å². The van der Waals surface area contributed by atoms with Gasteiger partial charge in [-0.15, -0.1) is 0 Å². The molecule has 0 aliphatic carbocycles. The summed E-state index contributed by atoms with van der Waals surface area (Å²) in [7, 11) is 0. The van der Waals surface area contributed by atoms with E-state index in [1.807, 2.05) is 13.8 Å². The Labute approximate surface area is 114 Å². The van der Waals surface area contributed by atoms with E-state index in [9.17, 15) is 9.18 Å². The van der Waals surface area contributed by atoms with Crippen LogP contribution in [-0.4, -0.2) is 19.6 Å². The van der Waals surface area contributed by atoms with Crippen molar-refractivity contribution in [2.24, 2.45) is 0 Å². The molecule has 6 heteroatoms. The zero-order valence-electron chi connectivity index (χ0n) is 11.1. The summed E-state index contributed by atoms with van der Waals surface area (Å²) in [6.07, 6.45) is 1.39. The van der Waals surface area contributed by atoms with Crippen LogP contribution in [-0.2, 0) is 0 Å². The largest absolute Gasteiger partial charge is 0.278 e. The minimum absolute atomic E-state index is 0.0789. The van der Waals surface area contributed by atoms with Gasteiger partial charge in [0.1, 0.15) is 12.1 Å². The van der Waals surface area contributed by atoms with Crippen LogP contribution in [0.25, 0.3) is 17.0 Å². The Hall–Kier alpha value is -2.50. The number of nitrogens with one attached hydrogen (secondary N) is 1. The van der Waals surface area contributed by atoms with Gasteiger partial charge in [0.05, 0.1) is 5.69 Å². The molecule has 0 fully saturated rings. The third-order valence-corrected chi connectivity index (χ3v) is 3.17. The minimum Gasteiger partial charge on any atom is -0.278 e. The van der Waals surface area contributed by atoms with Gasteiger partial charge in [0, 0.05) is 11.1 Å². The normalized spacial score (nSPS) is 11.4. The second-order valence-corrected chi connectivity index (χ2v) is 4.84. The molecule has 5 nitrogen and oxygen atoms in total. The van der Waals surface area contributed by atoms with Crippen molar-refractivity contribution in [3.05, 3.63) is 52.3 Å². The van der Waals surface area contributed by atoms with Crippen molar-refractivity contribution in [3.8, 4) is 11.3 Å². The van der Waals surface area contributed by atoms with Crippen LogP contribution in [0, 0.1) is 5.82 Å². The number of fused-ring (bicyclic) bond motifs is 1. The van der Waals surface area contributed by atoms with Crippen LogP contribution in [0.1, 0.15) is 25.3 Å². The lowest BCUT2D eigenvalue weighted by Crippen LogP contribution is -2.22. The van der Waals surface area contributed by atoms with Crippen molar-refractivity contribution in [2.75, 3.05) is 0 Å². The average molecular weight is 272 g/mol. The summed E-state index contributed by atoms with van der Waals surface area (Å²) in [5.74, 6) is -0.247. The van der Waals surface area contributed by atoms with Crippen LogP contribution in [0.3, 0.4) is 0 Å². The van der Waals surface area contributed by atoms with Crippen LogP contribution in [0.5, 0.6) is 0 Å².